The van der Waals surface area contributed by atoms with Gasteiger partial charge in [0.25, 0.3) is 11.8 Å². The minimum atomic E-state index is -2.71. The topological polar surface area (TPSA) is 78.8 Å². The summed E-state index contributed by atoms with van der Waals surface area (Å²) >= 11 is 0. The Balaban J connectivity index is 2.92. The molecular formula is C15H21N3O3S. The predicted molar refractivity (Wildman–Crippen MR) is 89.0 cm³/mol. The summed E-state index contributed by atoms with van der Waals surface area (Å²) in [6, 6.07) is 6.29. The van der Waals surface area contributed by atoms with Crippen LogP contribution >= 0.6 is 0 Å². The van der Waals surface area contributed by atoms with Gasteiger partial charge >= 0.3 is 0 Å². The van der Waals surface area contributed by atoms with Crippen molar-refractivity contribution in [3.63, 3.8) is 0 Å². The van der Waals surface area contributed by atoms with Crippen molar-refractivity contribution in [2.45, 2.75) is 13.8 Å². The van der Waals surface area contributed by atoms with E-state index in [0.717, 1.165) is 0 Å². The Morgan fingerprint density at radius 1 is 1.23 bits per heavy atom. The number of nitrogens with one attached hydrogen (secondary N) is 1. The fraction of sp³-hybridized carbons (Fsp3) is 0.333. The molecule has 120 valence electrons. The van der Waals surface area contributed by atoms with Gasteiger partial charge in [0, 0.05) is 37.2 Å². The zero-order valence-electron chi connectivity index (χ0n) is 13.4. The van der Waals surface area contributed by atoms with Crippen LogP contribution in [0.5, 0.6) is 0 Å². The highest BCUT2D eigenvalue weighted by molar-refractivity contribution is 7.90. The van der Waals surface area contributed by atoms with Crippen LogP contribution in [0.15, 0.2) is 40.3 Å². The highest BCUT2D eigenvalue weighted by atomic mass is 32.2. The average Bonchev–Trinajstić information content (AvgIpc) is 2.46. The summed E-state index contributed by atoms with van der Waals surface area (Å²) in [4.78, 5) is 23.7. The van der Waals surface area contributed by atoms with Gasteiger partial charge in [0.2, 0.25) is 0 Å². The van der Waals surface area contributed by atoms with E-state index in [1.165, 1.54) is 22.7 Å². The second-order valence-corrected chi connectivity index (χ2v) is 7.41. The van der Waals surface area contributed by atoms with Crippen molar-refractivity contribution in [2.75, 3.05) is 25.7 Å². The van der Waals surface area contributed by atoms with Crippen molar-refractivity contribution < 1.29 is 13.8 Å². The van der Waals surface area contributed by atoms with Crippen molar-refractivity contribution in [3.05, 3.63) is 41.5 Å². The average molecular weight is 323 g/mol. The normalized spacial score (nSPS) is 14.4. The molecule has 0 fully saturated rings. The summed E-state index contributed by atoms with van der Waals surface area (Å²) in [5.74, 6) is -0.751. The van der Waals surface area contributed by atoms with E-state index in [-0.39, 0.29) is 5.91 Å². The molecule has 2 amide bonds. The summed E-state index contributed by atoms with van der Waals surface area (Å²) in [6.07, 6.45) is 3.12. The van der Waals surface area contributed by atoms with Gasteiger partial charge in [0.1, 0.15) is 9.92 Å². The molecule has 0 aromatic heterocycles. The van der Waals surface area contributed by atoms with Gasteiger partial charge in [0.15, 0.2) is 0 Å². The molecule has 1 N–H and O–H groups in total. The van der Waals surface area contributed by atoms with E-state index in [0.29, 0.717) is 16.8 Å². The fourth-order valence-corrected chi connectivity index (χ4v) is 1.92. The molecule has 22 heavy (non-hydrogen) atoms. The van der Waals surface area contributed by atoms with Gasteiger partial charge in [-0.25, -0.2) is 8.51 Å². The molecule has 0 saturated heterocycles. The first-order valence-electron chi connectivity index (χ1n) is 6.65. The van der Waals surface area contributed by atoms with Crippen LogP contribution in [0.25, 0.3) is 0 Å². The Bertz CT molecular complexity index is 712. The number of carbonyl (C=O) groups is 2. The third-order valence-corrected chi connectivity index (χ3v) is 4.97. The lowest BCUT2D eigenvalue weighted by atomic mass is 10.2. The van der Waals surface area contributed by atoms with E-state index in [1.807, 2.05) is 0 Å². The number of allylic oxidation sites excluding steroid dienone is 1. The van der Waals surface area contributed by atoms with E-state index in [1.54, 1.807) is 46.2 Å². The van der Waals surface area contributed by atoms with Gasteiger partial charge in [0.05, 0.1) is 0 Å². The Kier molecular flexibility index (Phi) is 6.01. The number of hydrogen-bond acceptors (Lipinski definition) is 3. The molecule has 0 bridgehead atoms. The van der Waals surface area contributed by atoms with Crippen molar-refractivity contribution in [1.29, 1.82) is 0 Å². The third-order valence-electron chi connectivity index (χ3n) is 3.11. The molecule has 0 aliphatic carbocycles. The van der Waals surface area contributed by atoms with Crippen molar-refractivity contribution >= 4 is 27.4 Å². The lowest BCUT2D eigenvalue weighted by Crippen LogP contribution is -2.21. The Hall–Kier alpha value is -1.99. The van der Waals surface area contributed by atoms with Gasteiger partial charge in [-0.3, -0.25) is 9.59 Å². The number of nitrogens with zero attached hydrogens (tertiary/aromatic N) is 2. The maximum atomic E-state index is 12.1. The second-order valence-electron chi connectivity index (χ2n) is 4.97. The summed E-state index contributed by atoms with van der Waals surface area (Å²) in [6.45, 7) is 3.50. The van der Waals surface area contributed by atoms with Gasteiger partial charge in [-0.1, -0.05) is 6.08 Å². The fourth-order valence-electron chi connectivity index (χ4n) is 1.35. The van der Waals surface area contributed by atoms with Gasteiger partial charge in [-0.05, 0) is 38.1 Å². The van der Waals surface area contributed by atoms with Gasteiger partial charge in [-0.15, -0.1) is 4.36 Å². The first kappa shape index (κ1) is 18.1. The molecule has 1 aromatic carbocycles. The van der Waals surface area contributed by atoms with Crippen LogP contribution in [-0.2, 0) is 14.7 Å². The number of carbonyl (C=O) groups excluding carboxylic acids is 2. The minimum absolute atomic E-state index is 0.199. The molecule has 6 nitrogen and oxygen atoms in total. The molecule has 1 atom stereocenters. The number of benzene rings is 1. The van der Waals surface area contributed by atoms with Crippen LogP contribution in [0.3, 0.4) is 0 Å². The van der Waals surface area contributed by atoms with E-state index in [9.17, 15) is 13.8 Å². The molecule has 0 radical (unpaired) electrons. The molecule has 0 spiro atoms. The molecule has 7 heteroatoms. The number of anilines is 1. The molecular weight excluding hydrogens is 302 g/mol. The summed E-state index contributed by atoms with van der Waals surface area (Å²) in [5, 5.41) is 2.71. The van der Waals surface area contributed by atoms with E-state index in [2.05, 4.69) is 9.68 Å². The summed E-state index contributed by atoms with van der Waals surface area (Å²) in [7, 11) is 0.489. The molecule has 1 rings (SSSR count). The first-order valence-corrected chi connectivity index (χ1v) is 8.53. The zero-order chi connectivity index (χ0) is 16.9. The van der Waals surface area contributed by atoms with E-state index >= 15 is 0 Å². The van der Waals surface area contributed by atoms with Crippen LogP contribution < -0.4 is 5.32 Å². The SMILES string of the molecule is C/C=C(\C)C(=O)Nc1ccc(C(=O)N=[S@](C)(=O)N(C)C)cc1. The maximum Gasteiger partial charge on any atom is 0.286 e. The Morgan fingerprint density at radius 3 is 2.23 bits per heavy atom. The van der Waals surface area contributed by atoms with Crippen LogP contribution in [-0.4, -0.2) is 40.7 Å². The van der Waals surface area contributed by atoms with Gasteiger partial charge < -0.3 is 5.32 Å². The molecule has 0 saturated carbocycles. The molecule has 1 aromatic rings. The maximum absolute atomic E-state index is 12.1. The lowest BCUT2D eigenvalue weighted by molar-refractivity contribution is -0.112. The molecule has 0 unspecified atom stereocenters. The highest BCUT2D eigenvalue weighted by Crippen LogP contribution is 2.12. The monoisotopic (exact) mass is 323 g/mol. The Morgan fingerprint density at radius 2 is 1.77 bits per heavy atom. The lowest BCUT2D eigenvalue weighted by Gasteiger charge is -2.11. The summed E-state index contributed by atoms with van der Waals surface area (Å²) in [5.41, 5.74) is 1.50. The van der Waals surface area contributed by atoms with E-state index in [4.69, 9.17) is 0 Å². The Labute approximate surface area is 131 Å². The minimum Gasteiger partial charge on any atom is -0.322 e. The second kappa shape index (κ2) is 7.33. The van der Waals surface area contributed by atoms with Crippen LogP contribution in [0.4, 0.5) is 5.69 Å². The highest BCUT2D eigenvalue weighted by Gasteiger charge is 2.11. The standard InChI is InChI=1S/C15H21N3O3S/c1-6-11(2)14(19)16-13-9-7-12(8-10-13)15(20)17-22(5,21)18(3)4/h6-10H,1-5H3,(H,16,19)/b11-6+/t22-/m0/s1. The van der Waals surface area contributed by atoms with E-state index < -0.39 is 15.8 Å². The molecule has 0 aliphatic heterocycles. The van der Waals surface area contributed by atoms with Crippen molar-refractivity contribution in [2.24, 2.45) is 4.36 Å². The molecule has 0 aliphatic rings. The van der Waals surface area contributed by atoms with Crippen LogP contribution in [0.1, 0.15) is 24.2 Å². The van der Waals surface area contributed by atoms with Crippen LogP contribution in [0, 0.1) is 0 Å². The number of hydrogen-bond donors (Lipinski definition) is 1. The largest absolute Gasteiger partial charge is 0.322 e. The third kappa shape index (κ3) is 4.78. The van der Waals surface area contributed by atoms with Crippen LogP contribution in [0.2, 0.25) is 0 Å². The van der Waals surface area contributed by atoms with Gasteiger partial charge in [-0.2, -0.15) is 0 Å². The number of amides is 2. The zero-order valence-corrected chi connectivity index (χ0v) is 14.2. The van der Waals surface area contributed by atoms with Crippen molar-refractivity contribution in [1.82, 2.24) is 4.31 Å². The number of rotatable bonds is 4. The summed E-state index contributed by atoms with van der Waals surface area (Å²) < 4.78 is 17.2. The quantitative estimate of drug-likeness (QED) is 0.864. The first-order chi connectivity index (χ1) is 10.2. The van der Waals surface area contributed by atoms with Crippen molar-refractivity contribution in [3.8, 4) is 0 Å². The smallest absolute Gasteiger partial charge is 0.286 e. The predicted octanol–water partition coefficient (Wildman–Crippen LogP) is 2.31. The molecule has 0 heterocycles.